The van der Waals surface area contributed by atoms with Crippen LogP contribution < -0.4 is 0 Å². The fraction of sp³-hybridized carbons (Fsp3) is 0.500. The maximum Gasteiger partial charge on any atom is 0.00739 e. The van der Waals surface area contributed by atoms with Crippen LogP contribution in [0.2, 0.25) is 0 Å². The second-order valence-electron chi connectivity index (χ2n) is 2.26. The average molecular weight is 139 g/mol. The van der Waals surface area contributed by atoms with Crippen molar-refractivity contribution in [2.75, 3.05) is 0 Å². The zero-order chi connectivity index (χ0) is 8.57. The topological polar surface area (TPSA) is 0 Å². The van der Waals surface area contributed by atoms with E-state index in [-0.39, 0.29) is 0 Å². The van der Waals surface area contributed by atoms with Crippen LogP contribution in [0.5, 0.6) is 0 Å². The Balaban J connectivity index is 0. The molecule has 0 nitrogen and oxygen atoms in total. The molecule has 0 aromatic rings. The van der Waals surface area contributed by atoms with Gasteiger partial charge in [-0.05, 0) is 20.8 Å². The van der Waals surface area contributed by atoms with Crippen LogP contribution in [0, 0.1) is 6.42 Å². The third-order valence-corrected chi connectivity index (χ3v) is 0.701. The van der Waals surface area contributed by atoms with Crippen molar-refractivity contribution in [1.29, 1.82) is 0 Å². The van der Waals surface area contributed by atoms with Crippen LogP contribution in [0.4, 0.5) is 0 Å². The lowest BCUT2D eigenvalue weighted by Crippen LogP contribution is -1.70. The van der Waals surface area contributed by atoms with Crippen molar-refractivity contribution in [1.82, 2.24) is 0 Å². The first-order valence-electron chi connectivity index (χ1n) is 3.76. The Bertz CT molecular complexity index is 103. The standard InChI is InChI=1S/C8H13.C2H6/c1-7(2)5-6-8(3)4;1-2/h5-6H,1H2,2-4H3;1-2H3. The number of rotatable bonds is 2. The van der Waals surface area contributed by atoms with Crippen LogP contribution in [0.1, 0.15) is 34.6 Å². The summed E-state index contributed by atoms with van der Waals surface area (Å²) in [7, 11) is 0. The van der Waals surface area contributed by atoms with E-state index in [1.54, 1.807) is 0 Å². The average Bonchev–Trinajstić information content (AvgIpc) is 1.89. The molecule has 0 aliphatic rings. The van der Waals surface area contributed by atoms with E-state index < -0.39 is 0 Å². The Hall–Kier alpha value is -0.520. The predicted molar refractivity (Wildman–Crippen MR) is 49.9 cm³/mol. The molecule has 0 heterocycles. The highest BCUT2D eigenvalue weighted by Crippen LogP contribution is 1.98. The van der Waals surface area contributed by atoms with Crippen LogP contribution in [-0.2, 0) is 0 Å². The molecule has 0 bridgehead atoms. The Morgan fingerprint density at radius 3 is 1.60 bits per heavy atom. The highest BCUT2D eigenvalue weighted by molar-refractivity contribution is 5.17. The SMILES string of the molecule is C=C(C)[CH]C=C(C)C.CC. The lowest BCUT2D eigenvalue weighted by Gasteiger charge is -1.89. The van der Waals surface area contributed by atoms with E-state index in [1.807, 2.05) is 27.2 Å². The van der Waals surface area contributed by atoms with Crippen molar-refractivity contribution in [3.63, 3.8) is 0 Å². The van der Waals surface area contributed by atoms with Gasteiger partial charge in [-0.1, -0.05) is 37.6 Å². The molecule has 1 radical (unpaired) electrons. The molecule has 0 unspecified atom stereocenters. The van der Waals surface area contributed by atoms with Gasteiger partial charge in [0.25, 0.3) is 0 Å². The summed E-state index contributed by atoms with van der Waals surface area (Å²) < 4.78 is 0. The molecule has 0 fully saturated rings. The summed E-state index contributed by atoms with van der Waals surface area (Å²) in [6.07, 6.45) is 4.07. The molecule has 0 aromatic heterocycles. The van der Waals surface area contributed by atoms with E-state index in [2.05, 4.69) is 26.5 Å². The highest BCUT2D eigenvalue weighted by Gasteiger charge is 1.79. The molecule has 0 heteroatoms. The smallest absolute Gasteiger partial charge is 0.00739 e. The molecule has 0 atom stereocenters. The van der Waals surface area contributed by atoms with E-state index in [0.29, 0.717) is 0 Å². The van der Waals surface area contributed by atoms with Crippen LogP contribution >= 0.6 is 0 Å². The van der Waals surface area contributed by atoms with Crippen molar-refractivity contribution in [3.8, 4) is 0 Å². The Morgan fingerprint density at radius 2 is 1.50 bits per heavy atom. The van der Waals surface area contributed by atoms with E-state index >= 15 is 0 Å². The molecule has 0 amide bonds. The molecule has 0 saturated heterocycles. The highest BCUT2D eigenvalue weighted by atomic mass is 13.9. The molecule has 0 N–H and O–H groups in total. The van der Waals surface area contributed by atoms with Gasteiger partial charge < -0.3 is 0 Å². The van der Waals surface area contributed by atoms with Gasteiger partial charge in [0.15, 0.2) is 0 Å². The van der Waals surface area contributed by atoms with Crippen LogP contribution in [0.25, 0.3) is 0 Å². The normalized spacial score (nSPS) is 7.30. The molecule has 0 spiro atoms. The van der Waals surface area contributed by atoms with Crippen molar-refractivity contribution < 1.29 is 0 Å². The summed E-state index contributed by atoms with van der Waals surface area (Å²) in [5.41, 5.74) is 2.42. The lowest BCUT2D eigenvalue weighted by atomic mass is 10.2. The van der Waals surface area contributed by atoms with Gasteiger partial charge in [0.1, 0.15) is 0 Å². The molecule has 0 aliphatic carbocycles. The lowest BCUT2D eigenvalue weighted by molar-refractivity contribution is 1.35. The monoisotopic (exact) mass is 139 g/mol. The molecule has 0 aliphatic heterocycles. The fourth-order valence-corrected chi connectivity index (χ4v) is 0.309. The summed E-state index contributed by atoms with van der Waals surface area (Å²) in [4.78, 5) is 0. The van der Waals surface area contributed by atoms with Crippen molar-refractivity contribution in [2.45, 2.75) is 34.6 Å². The summed E-state index contributed by atoms with van der Waals surface area (Å²) in [5, 5.41) is 0. The second kappa shape index (κ2) is 8.48. The van der Waals surface area contributed by atoms with Gasteiger partial charge in [-0.2, -0.15) is 0 Å². The third kappa shape index (κ3) is 15.6. The first-order valence-corrected chi connectivity index (χ1v) is 3.76. The number of allylic oxidation sites excluding steroid dienone is 3. The first kappa shape index (κ1) is 12.2. The first-order chi connectivity index (χ1) is 4.63. The van der Waals surface area contributed by atoms with E-state index in [4.69, 9.17) is 0 Å². The van der Waals surface area contributed by atoms with Crippen molar-refractivity contribution in [2.24, 2.45) is 0 Å². The number of hydrogen-bond acceptors (Lipinski definition) is 0. The minimum atomic E-state index is 1.10. The van der Waals surface area contributed by atoms with Gasteiger partial charge >= 0.3 is 0 Å². The zero-order valence-electron chi connectivity index (χ0n) is 7.86. The summed E-state index contributed by atoms with van der Waals surface area (Å²) in [6.45, 7) is 13.9. The van der Waals surface area contributed by atoms with Crippen LogP contribution in [0.15, 0.2) is 23.8 Å². The van der Waals surface area contributed by atoms with Gasteiger partial charge in [-0.15, -0.1) is 0 Å². The zero-order valence-corrected chi connectivity index (χ0v) is 7.86. The molecular weight excluding hydrogens is 120 g/mol. The minimum Gasteiger partial charge on any atom is -0.0995 e. The quantitative estimate of drug-likeness (QED) is 0.546. The van der Waals surface area contributed by atoms with E-state index in [0.717, 1.165) is 5.57 Å². The molecule has 0 rings (SSSR count). The maximum atomic E-state index is 3.73. The van der Waals surface area contributed by atoms with Gasteiger partial charge in [-0.3, -0.25) is 0 Å². The summed E-state index contributed by atoms with van der Waals surface area (Å²) in [6, 6.07) is 0. The largest absolute Gasteiger partial charge is 0.0995 e. The number of hydrogen-bond donors (Lipinski definition) is 0. The second-order valence-corrected chi connectivity index (χ2v) is 2.26. The van der Waals surface area contributed by atoms with Gasteiger partial charge in [-0.25, -0.2) is 0 Å². The Kier molecular flexibility index (Phi) is 10.3. The van der Waals surface area contributed by atoms with Crippen molar-refractivity contribution >= 4 is 0 Å². The maximum absolute atomic E-state index is 3.73. The molecule has 10 heavy (non-hydrogen) atoms. The molecule has 59 valence electrons. The minimum absolute atomic E-state index is 1.10. The molecule has 0 aromatic carbocycles. The predicted octanol–water partition coefficient (Wildman–Crippen LogP) is 3.76. The van der Waals surface area contributed by atoms with Gasteiger partial charge in [0.05, 0.1) is 0 Å². The van der Waals surface area contributed by atoms with Gasteiger partial charge in [0, 0.05) is 6.42 Å². The summed E-state index contributed by atoms with van der Waals surface area (Å²) in [5.74, 6) is 0. The molecular formula is C10H19. The van der Waals surface area contributed by atoms with E-state index in [1.165, 1.54) is 5.57 Å². The van der Waals surface area contributed by atoms with E-state index in [9.17, 15) is 0 Å². The van der Waals surface area contributed by atoms with Gasteiger partial charge in [0.2, 0.25) is 0 Å². The molecule has 0 saturated carbocycles. The fourth-order valence-electron chi connectivity index (χ4n) is 0.309. The Morgan fingerprint density at radius 1 is 1.10 bits per heavy atom. The van der Waals surface area contributed by atoms with Crippen LogP contribution in [0.3, 0.4) is 0 Å². The Labute approximate surface area is 65.7 Å². The van der Waals surface area contributed by atoms with Crippen LogP contribution in [-0.4, -0.2) is 0 Å². The third-order valence-electron chi connectivity index (χ3n) is 0.701. The van der Waals surface area contributed by atoms with Crippen molar-refractivity contribution in [3.05, 3.63) is 30.2 Å². The summed E-state index contributed by atoms with van der Waals surface area (Å²) >= 11 is 0.